The molecule has 3 aromatic heterocycles. The molecule has 0 saturated heterocycles. The molecule has 0 aliphatic heterocycles. The van der Waals surface area contributed by atoms with Gasteiger partial charge < -0.3 is 18.9 Å². The molecule has 32 heavy (non-hydrogen) atoms. The highest BCUT2D eigenvalue weighted by Crippen LogP contribution is 2.27. The number of methoxy groups -OCH3 is 1. The normalized spacial score (nSPS) is 11.1. The molecule has 158 valence electrons. The highest BCUT2D eigenvalue weighted by molar-refractivity contribution is 6.05. The van der Waals surface area contributed by atoms with Crippen LogP contribution in [0.15, 0.2) is 82.1 Å². The van der Waals surface area contributed by atoms with E-state index in [2.05, 4.69) is 5.32 Å². The first kappa shape index (κ1) is 19.6. The Balaban J connectivity index is 1.47. The van der Waals surface area contributed by atoms with Gasteiger partial charge in [0.2, 0.25) is 0 Å². The van der Waals surface area contributed by atoms with E-state index in [-0.39, 0.29) is 5.56 Å². The van der Waals surface area contributed by atoms with Gasteiger partial charge in [-0.1, -0.05) is 18.2 Å². The summed E-state index contributed by atoms with van der Waals surface area (Å²) < 4.78 is 12.4. The maximum absolute atomic E-state index is 12.8. The number of aromatic nitrogens is 2. The molecule has 0 spiro atoms. The molecule has 5 rings (SSSR count). The molecule has 1 amide bonds. The van der Waals surface area contributed by atoms with Crippen LogP contribution in [0, 0.1) is 6.92 Å². The Bertz CT molecular complexity index is 1530. The molecule has 0 saturated carbocycles. The first-order chi connectivity index (χ1) is 15.5. The Morgan fingerprint density at radius 2 is 1.84 bits per heavy atom. The van der Waals surface area contributed by atoms with Crippen LogP contribution >= 0.6 is 0 Å². The lowest BCUT2D eigenvalue weighted by Gasteiger charge is -2.07. The number of hydrogen-bond acceptors (Lipinski definition) is 5. The van der Waals surface area contributed by atoms with Crippen molar-refractivity contribution >= 4 is 28.2 Å². The fraction of sp³-hybridized carbons (Fsp3) is 0.0800. The van der Waals surface area contributed by atoms with Crippen molar-refractivity contribution in [3.63, 3.8) is 0 Å². The lowest BCUT2D eigenvalue weighted by molar-refractivity contribution is 0.102. The van der Waals surface area contributed by atoms with Crippen molar-refractivity contribution in [3.8, 4) is 17.0 Å². The highest BCUT2D eigenvalue weighted by atomic mass is 16.5. The molecule has 0 bridgehead atoms. The Labute approximate surface area is 182 Å². The van der Waals surface area contributed by atoms with E-state index in [9.17, 15) is 9.59 Å². The Morgan fingerprint density at radius 3 is 2.62 bits per heavy atom. The van der Waals surface area contributed by atoms with Crippen LogP contribution in [-0.2, 0) is 0 Å². The number of rotatable bonds is 4. The summed E-state index contributed by atoms with van der Waals surface area (Å²) in [7, 11) is 1.63. The molecular weight excluding hydrogens is 406 g/mol. The molecule has 0 aliphatic carbocycles. The number of benzene rings is 2. The minimum absolute atomic E-state index is 0.0509. The number of amides is 1. The average Bonchev–Trinajstić information content (AvgIpc) is 3.14. The minimum Gasteiger partial charge on any atom is -0.497 e. The van der Waals surface area contributed by atoms with Gasteiger partial charge in [-0.05, 0) is 55.5 Å². The zero-order valence-electron chi connectivity index (χ0n) is 17.5. The smallest absolute Gasteiger partial charge is 0.349 e. The van der Waals surface area contributed by atoms with E-state index >= 15 is 0 Å². The van der Waals surface area contributed by atoms with E-state index in [1.54, 1.807) is 43.6 Å². The molecule has 0 aliphatic rings. The third-order valence-electron chi connectivity index (χ3n) is 5.36. The highest BCUT2D eigenvalue weighted by Gasteiger charge is 2.16. The van der Waals surface area contributed by atoms with E-state index in [0.717, 1.165) is 28.3 Å². The van der Waals surface area contributed by atoms with Crippen molar-refractivity contribution in [1.29, 1.82) is 0 Å². The third-order valence-corrected chi connectivity index (χ3v) is 5.36. The number of hydrogen-bond donors (Lipinski definition) is 1. The van der Waals surface area contributed by atoms with Crippen molar-refractivity contribution in [3.05, 3.63) is 94.6 Å². The second-order valence-corrected chi connectivity index (χ2v) is 7.36. The number of ether oxygens (including phenoxy) is 1. The number of anilines is 1. The number of nitrogens with zero attached hydrogens (tertiary/aromatic N) is 2. The number of fused-ring (bicyclic) bond motifs is 2. The van der Waals surface area contributed by atoms with Crippen LogP contribution in [-0.4, -0.2) is 22.4 Å². The number of carbonyl (C=O) groups is 1. The quantitative estimate of drug-likeness (QED) is 0.423. The summed E-state index contributed by atoms with van der Waals surface area (Å²) in [4.78, 5) is 29.8. The molecule has 1 N–H and O–H groups in total. The van der Waals surface area contributed by atoms with Crippen molar-refractivity contribution in [2.45, 2.75) is 6.92 Å². The van der Waals surface area contributed by atoms with Crippen molar-refractivity contribution in [2.24, 2.45) is 0 Å². The molecule has 0 fully saturated rings. The second-order valence-electron chi connectivity index (χ2n) is 7.36. The summed E-state index contributed by atoms with van der Waals surface area (Å²) in [6.45, 7) is 1.96. The van der Waals surface area contributed by atoms with Gasteiger partial charge in [-0.2, -0.15) is 0 Å². The lowest BCUT2D eigenvalue weighted by atomic mass is 10.1. The standard InChI is InChI=1S/C25H19N3O4/c1-15-23(16-7-10-19(31-2)11-8-16)27-22-12-9-18(14-28(15)22)26-24(29)20-13-17-5-3-4-6-21(17)32-25(20)30/h3-14H,1-2H3,(H,26,29). The van der Waals surface area contributed by atoms with Crippen LogP contribution in [0.2, 0.25) is 0 Å². The van der Waals surface area contributed by atoms with Gasteiger partial charge in [-0.25, -0.2) is 9.78 Å². The monoisotopic (exact) mass is 425 g/mol. The summed E-state index contributed by atoms with van der Waals surface area (Å²) in [5.41, 5.74) is 3.72. The summed E-state index contributed by atoms with van der Waals surface area (Å²) in [6.07, 6.45) is 1.78. The number of pyridine rings is 1. The van der Waals surface area contributed by atoms with Crippen LogP contribution < -0.4 is 15.7 Å². The molecule has 3 heterocycles. The summed E-state index contributed by atoms with van der Waals surface area (Å²) in [5.74, 6) is 0.246. The van der Waals surface area contributed by atoms with Crippen LogP contribution in [0.5, 0.6) is 5.75 Å². The van der Waals surface area contributed by atoms with Crippen LogP contribution in [0.3, 0.4) is 0 Å². The van der Waals surface area contributed by atoms with Crippen molar-refractivity contribution in [2.75, 3.05) is 12.4 Å². The zero-order valence-corrected chi connectivity index (χ0v) is 17.5. The predicted molar refractivity (Wildman–Crippen MR) is 122 cm³/mol. The summed E-state index contributed by atoms with van der Waals surface area (Å²) in [6, 6.07) is 19.9. The van der Waals surface area contributed by atoms with E-state index in [1.807, 2.05) is 47.7 Å². The maximum atomic E-state index is 12.8. The average molecular weight is 425 g/mol. The van der Waals surface area contributed by atoms with Crippen LogP contribution in [0.25, 0.3) is 27.9 Å². The van der Waals surface area contributed by atoms with E-state index in [1.165, 1.54) is 0 Å². The number of carbonyl (C=O) groups excluding carboxylic acids is 1. The number of imidazole rings is 1. The lowest BCUT2D eigenvalue weighted by Crippen LogP contribution is -2.20. The number of aryl methyl sites for hydroxylation is 1. The third kappa shape index (κ3) is 3.39. The molecule has 7 nitrogen and oxygen atoms in total. The zero-order chi connectivity index (χ0) is 22.2. The first-order valence-corrected chi connectivity index (χ1v) is 10.0. The summed E-state index contributed by atoms with van der Waals surface area (Å²) in [5, 5.41) is 3.47. The van der Waals surface area contributed by atoms with Gasteiger partial charge in [0, 0.05) is 22.8 Å². The van der Waals surface area contributed by atoms with Gasteiger partial charge in [0.05, 0.1) is 18.5 Å². The molecule has 0 unspecified atom stereocenters. The van der Waals surface area contributed by atoms with E-state index in [4.69, 9.17) is 14.1 Å². The fourth-order valence-corrected chi connectivity index (χ4v) is 3.68. The van der Waals surface area contributed by atoms with Gasteiger partial charge in [0.15, 0.2) is 0 Å². The van der Waals surface area contributed by atoms with E-state index in [0.29, 0.717) is 16.7 Å². The Hall–Kier alpha value is -4.39. The van der Waals surface area contributed by atoms with Crippen molar-refractivity contribution in [1.82, 2.24) is 9.38 Å². The predicted octanol–water partition coefficient (Wildman–Crippen LogP) is 4.68. The molecule has 7 heteroatoms. The fourth-order valence-electron chi connectivity index (χ4n) is 3.68. The molecule has 0 radical (unpaired) electrons. The number of nitrogens with one attached hydrogen (secondary N) is 1. The molecule has 5 aromatic rings. The Kier molecular flexibility index (Phi) is 4.71. The maximum Gasteiger partial charge on any atom is 0.349 e. The van der Waals surface area contributed by atoms with Gasteiger partial charge >= 0.3 is 5.63 Å². The van der Waals surface area contributed by atoms with Gasteiger partial charge in [-0.15, -0.1) is 0 Å². The van der Waals surface area contributed by atoms with Crippen LogP contribution in [0.1, 0.15) is 16.1 Å². The number of para-hydroxylation sites is 1. The van der Waals surface area contributed by atoms with Crippen molar-refractivity contribution < 1.29 is 13.9 Å². The minimum atomic E-state index is -0.678. The van der Waals surface area contributed by atoms with Crippen LogP contribution in [0.4, 0.5) is 5.69 Å². The SMILES string of the molecule is COc1ccc(-c2nc3ccc(NC(=O)c4cc5ccccc5oc4=O)cn3c2C)cc1. The largest absolute Gasteiger partial charge is 0.497 e. The summed E-state index contributed by atoms with van der Waals surface area (Å²) >= 11 is 0. The molecule has 0 atom stereocenters. The molecule has 2 aromatic carbocycles. The molecular formula is C25H19N3O4. The van der Waals surface area contributed by atoms with Gasteiger partial charge in [-0.3, -0.25) is 4.79 Å². The van der Waals surface area contributed by atoms with E-state index < -0.39 is 11.5 Å². The van der Waals surface area contributed by atoms with Gasteiger partial charge in [0.1, 0.15) is 22.5 Å². The Morgan fingerprint density at radius 1 is 1.06 bits per heavy atom. The first-order valence-electron chi connectivity index (χ1n) is 10.0. The topological polar surface area (TPSA) is 85.8 Å². The van der Waals surface area contributed by atoms with Gasteiger partial charge in [0.25, 0.3) is 5.91 Å². The second kappa shape index (κ2) is 7.70.